The molecule has 1 N–H and O–H groups in total. The molecule has 0 saturated carbocycles. The van der Waals surface area contributed by atoms with Gasteiger partial charge in [0.25, 0.3) is 0 Å². The van der Waals surface area contributed by atoms with Crippen LogP contribution in [0.3, 0.4) is 0 Å². The van der Waals surface area contributed by atoms with Gasteiger partial charge in [-0.25, -0.2) is 13.2 Å². The third-order valence-corrected chi connectivity index (χ3v) is 6.76. The maximum Gasteiger partial charge on any atom is 0.335 e. The Morgan fingerprint density at radius 1 is 1.45 bits per heavy atom. The molecule has 1 aromatic carbocycles. The van der Waals surface area contributed by atoms with Gasteiger partial charge >= 0.3 is 5.97 Å². The number of benzene rings is 1. The van der Waals surface area contributed by atoms with Crippen LogP contribution < -0.4 is 0 Å². The SMILES string of the molecule is Cc1c(C(=O)O)cccc1S(=O)(=O)N1CCSCC1C. The molecule has 1 aliphatic heterocycles. The number of sulfonamides is 1. The van der Waals surface area contributed by atoms with Crippen LogP contribution in [0.15, 0.2) is 23.1 Å². The molecule has 1 aliphatic rings. The molecule has 2 rings (SSSR count). The van der Waals surface area contributed by atoms with Crippen LogP contribution in [0, 0.1) is 6.92 Å². The van der Waals surface area contributed by atoms with Crippen molar-refractivity contribution in [3.8, 4) is 0 Å². The van der Waals surface area contributed by atoms with Gasteiger partial charge in [-0.3, -0.25) is 0 Å². The van der Waals surface area contributed by atoms with E-state index in [2.05, 4.69) is 0 Å². The lowest BCUT2D eigenvalue weighted by atomic mass is 10.1. The Morgan fingerprint density at radius 2 is 2.15 bits per heavy atom. The first-order valence-electron chi connectivity index (χ1n) is 6.28. The summed E-state index contributed by atoms with van der Waals surface area (Å²) in [6, 6.07) is 4.30. The minimum absolute atomic E-state index is 0.0325. The zero-order chi connectivity index (χ0) is 14.9. The van der Waals surface area contributed by atoms with Gasteiger partial charge in [-0.15, -0.1) is 0 Å². The highest BCUT2D eigenvalue weighted by molar-refractivity contribution is 7.99. The summed E-state index contributed by atoms with van der Waals surface area (Å²) in [6.45, 7) is 3.88. The summed E-state index contributed by atoms with van der Waals surface area (Å²) in [5.41, 5.74) is 0.329. The van der Waals surface area contributed by atoms with E-state index in [-0.39, 0.29) is 16.5 Å². The Labute approximate surface area is 123 Å². The van der Waals surface area contributed by atoms with E-state index in [1.54, 1.807) is 18.7 Å². The predicted molar refractivity (Wildman–Crippen MR) is 78.8 cm³/mol. The van der Waals surface area contributed by atoms with Crippen molar-refractivity contribution < 1.29 is 18.3 Å². The van der Waals surface area contributed by atoms with Crippen LogP contribution in [0.4, 0.5) is 0 Å². The van der Waals surface area contributed by atoms with Crippen LogP contribution in [-0.2, 0) is 10.0 Å². The van der Waals surface area contributed by atoms with E-state index in [9.17, 15) is 13.2 Å². The molecular formula is C13H17NO4S2. The summed E-state index contributed by atoms with van der Waals surface area (Å²) in [5.74, 6) is 0.416. The smallest absolute Gasteiger partial charge is 0.335 e. The highest BCUT2D eigenvalue weighted by atomic mass is 32.2. The number of carbonyl (C=O) groups is 1. The second kappa shape index (κ2) is 5.75. The highest BCUT2D eigenvalue weighted by Crippen LogP contribution is 2.27. The summed E-state index contributed by atoms with van der Waals surface area (Å²) in [6.07, 6.45) is 0. The van der Waals surface area contributed by atoms with Crippen LogP contribution in [-0.4, -0.2) is 47.9 Å². The number of nitrogens with zero attached hydrogens (tertiary/aromatic N) is 1. The molecular weight excluding hydrogens is 298 g/mol. The van der Waals surface area contributed by atoms with Crippen LogP contribution in [0.1, 0.15) is 22.8 Å². The number of aromatic carboxylic acids is 1. The molecule has 0 bridgehead atoms. The standard InChI is InChI=1S/C13H17NO4S2/c1-9-8-19-7-6-14(9)20(17,18)12-5-3-4-11(10(12)2)13(15)16/h3-5,9H,6-8H2,1-2H3,(H,15,16). The first-order valence-corrected chi connectivity index (χ1v) is 8.87. The highest BCUT2D eigenvalue weighted by Gasteiger charge is 2.33. The predicted octanol–water partition coefficient (Wildman–Crippen LogP) is 1.82. The molecule has 0 aromatic heterocycles. The van der Waals surface area contributed by atoms with E-state index in [1.165, 1.54) is 22.5 Å². The lowest BCUT2D eigenvalue weighted by Gasteiger charge is -2.32. The average Bonchev–Trinajstić information content (AvgIpc) is 2.38. The van der Waals surface area contributed by atoms with Crippen molar-refractivity contribution in [2.45, 2.75) is 24.8 Å². The summed E-state index contributed by atoms with van der Waals surface area (Å²) in [7, 11) is -3.64. The van der Waals surface area contributed by atoms with Crippen molar-refractivity contribution in [2.24, 2.45) is 0 Å². The molecule has 20 heavy (non-hydrogen) atoms. The Kier molecular flexibility index (Phi) is 4.41. The van der Waals surface area contributed by atoms with Crippen molar-refractivity contribution in [1.82, 2.24) is 4.31 Å². The van der Waals surface area contributed by atoms with Gasteiger partial charge in [-0.1, -0.05) is 6.07 Å². The Morgan fingerprint density at radius 3 is 2.75 bits per heavy atom. The van der Waals surface area contributed by atoms with Crippen molar-refractivity contribution in [1.29, 1.82) is 0 Å². The summed E-state index contributed by atoms with van der Waals surface area (Å²) in [5, 5.41) is 9.11. The van der Waals surface area contributed by atoms with Gasteiger partial charge in [-0.05, 0) is 31.5 Å². The molecule has 0 amide bonds. The first kappa shape index (κ1) is 15.3. The van der Waals surface area contributed by atoms with Crippen molar-refractivity contribution in [3.63, 3.8) is 0 Å². The fraction of sp³-hybridized carbons (Fsp3) is 0.462. The summed E-state index contributed by atoms with van der Waals surface area (Å²) < 4.78 is 26.9. The van der Waals surface area contributed by atoms with Gasteiger partial charge in [0, 0.05) is 24.1 Å². The number of hydrogen-bond acceptors (Lipinski definition) is 4. The molecule has 1 saturated heterocycles. The minimum atomic E-state index is -3.64. The maximum atomic E-state index is 12.7. The summed E-state index contributed by atoms with van der Waals surface area (Å²) in [4.78, 5) is 11.2. The summed E-state index contributed by atoms with van der Waals surface area (Å²) >= 11 is 1.73. The second-order valence-electron chi connectivity index (χ2n) is 4.77. The largest absolute Gasteiger partial charge is 0.478 e. The number of carboxylic acid groups (broad SMARTS) is 1. The average molecular weight is 315 g/mol. The molecule has 1 unspecified atom stereocenters. The zero-order valence-corrected chi connectivity index (χ0v) is 13.0. The van der Waals surface area contributed by atoms with Gasteiger partial charge in [-0.2, -0.15) is 16.1 Å². The number of hydrogen-bond donors (Lipinski definition) is 1. The van der Waals surface area contributed by atoms with Gasteiger partial charge in [0.2, 0.25) is 10.0 Å². The van der Waals surface area contributed by atoms with E-state index >= 15 is 0 Å². The van der Waals surface area contributed by atoms with Crippen LogP contribution in [0.25, 0.3) is 0 Å². The van der Waals surface area contributed by atoms with Crippen molar-refractivity contribution in [3.05, 3.63) is 29.3 Å². The monoisotopic (exact) mass is 315 g/mol. The number of thioether (sulfide) groups is 1. The topological polar surface area (TPSA) is 74.7 Å². The molecule has 1 aromatic rings. The first-order chi connectivity index (χ1) is 9.35. The molecule has 5 nitrogen and oxygen atoms in total. The van der Waals surface area contributed by atoms with E-state index in [0.29, 0.717) is 12.1 Å². The van der Waals surface area contributed by atoms with Crippen molar-refractivity contribution >= 4 is 27.8 Å². The molecule has 7 heteroatoms. The molecule has 1 fully saturated rings. The Hall–Kier alpha value is -1.05. The normalized spacial score (nSPS) is 20.8. The van der Waals surface area contributed by atoms with Gasteiger partial charge in [0.1, 0.15) is 0 Å². The quantitative estimate of drug-likeness (QED) is 0.921. The molecule has 0 spiro atoms. The maximum absolute atomic E-state index is 12.7. The number of carboxylic acids is 1. The molecule has 0 radical (unpaired) electrons. The van der Waals surface area contributed by atoms with E-state index in [0.717, 1.165) is 11.5 Å². The molecule has 110 valence electrons. The lowest BCUT2D eigenvalue weighted by molar-refractivity contribution is 0.0696. The lowest BCUT2D eigenvalue weighted by Crippen LogP contribution is -2.44. The van der Waals surface area contributed by atoms with Gasteiger partial charge in [0.15, 0.2) is 0 Å². The third kappa shape index (κ3) is 2.70. The minimum Gasteiger partial charge on any atom is -0.478 e. The molecule has 0 aliphatic carbocycles. The van der Waals surface area contributed by atoms with E-state index in [1.807, 2.05) is 6.92 Å². The van der Waals surface area contributed by atoms with Gasteiger partial charge < -0.3 is 5.11 Å². The zero-order valence-electron chi connectivity index (χ0n) is 11.4. The Bertz CT molecular complexity index is 627. The fourth-order valence-corrected chi connectivity index (χ4v) is 5.42. The number of rotatable bonds is 3. The molecule has 1 atom stereocenters. The van der Waals surface area contributed by atoms with Crippen LogP contribution >= 0.6 is 11.8 Å². The van der Waals surface area contributed by atoms with Crippen LogP contribution in [0.5, 0.6) is 0 Å². The van der Waals surface area contributed by atoms with Crippen LogP contribution in [0.2, 0.25) is 0 Å². The molecule has 1 heterocycles. The van der Waals surface area contributed by atoms with E-state index in [4.69, 9.17) is 5.11 Å². The Balaban J connectivity index is 2.49. The fourth-order valence-electron chi connectivity index (χ4n) is 2.32. The second-order valence-corrected chi connectivity index (χ2v) is 7.78. The third-order valence-electron chi connectivity index (χ3n) is 3.41. The van der Waals surface area contributed by atoms with E-state index < -0.39 is 16.0 Å². The van der Waals surface area contributed by atoms with Crippen molar-refractivity contribution in [2.75, 3.05) is 18.1 Å². The van der Waals surface area contributed by atoms with Gasteiger partial charge in [0.05, 0.1) is 10.5 Å².